The lowest BCUT2D eigenvalue weighted by Gasteiger charge is -2.14. The molecule has 1 aromatic rings. The summed E-state index contributed by atoms with van der Waals surface area (Å²) in [5.41, 5.74) is 1.37. The predicted octanol–water partition coefficient (Wildman–Crippen LogP) is 1.79. The van der Waals surface area contributed by atoms with E-state index in [1.165, 1.54) is 12.7 Å². The molecule has 3 nitrogen and oxygen atoms in total. The molecule has 1 rings (SSSR count). The summed E-state index contributed by atoms with van der Waals surface area (Å²) in [5, 5.41) is 4.25. The van der Waals surface area contributed by atoms with E-state index in [9.17, 15) is 4.79 Å². The second-order valence-electron chi connectivity index (χ2n) is 3.51. The Morgan fingerprint density at radius 2 is 2.33 bits per heavy atom. The maximum absolute atomic E-state index is 10.9. The summed E-state index contributed by atoms with van der Waals surface area (Å²) in [6, 6.07) is 2.14. The molecule has 0 aliphatic carbocycles. The molecule has 0 aliphatic rings. The molecule has 1 heterocycles. The molecule has 0 atom stereocenters. The molecule has 1 aromatic heterocycles. The Morgan fingerprint density at radius 1 is 1.53 bits per heavy atom. The van der Waals surface area contributed by atoms with Gasteiger partial charge in [-0.15, -0.1) is 0 Å². The number of esters is 1. The third-order valence-electron chi connectivity index (χ3n) is 2.29. The maximum Gasteiger partial charge on any atom is 0.306 e. The van der Waals surface area contributed by atoms with Crippen molar-refractivity contribution in [2.45, 2.75) is 12.8 Å². The van der Waals surface area contributed by atoms with Crippen LogP contribution in [-0.4, -0.2) is 38.1 Å². The van der Waals surface area contributed by atoms with E-state index in [1.54, 1.807) is 11.3 Å². The number of rotatable bonds is 6. The lowest BCUT2D eigenvalue weighted by Crippen LogP contribution is -2.24. The lowest BCUT2D eigenvalue weighted by molar-refractivity contribution is -0.140. The van der Waals surface area contributed by atoms with Crippen LogP contribution >= 0.6 is 11.3 Å². The van der Waals surface area contributed by atoms with Crippen LogP contribution in [0.1, 0.15) is 12.0 Å². The van der Waals surface area contributed by atoms with Gasteiger partial charge >= 0.3 is 5.97 Å². The fraction of sp³-hybridized carbons (Fsp3) is 0.545. The summed E-state index contributed by atoms with van der Waals surface area (Å²) in [6.45, 7) is 1.74. The van der Waals surface area contributed by atoms with Gasteiger partial charge in [0.25, 0.3) is 0 Å². The first-order valence-electron chi connectivity index (χ1n) is 4.99. The van der Waals surface area contributed by atoms with Crippen molar-refractivity contribution in [1.29, 1.82) is 0 Å². The molecule has 0 fully saturated rings. The Labute approximate surface area is 94.7 Å². The highest BCUT2D eigenvalue weighted by Gasteiger charge is 2.04. The Hall–Kier alpha value is -0.870. The van der Waals surface area contributed by atoms with E-state index in [0.717, 1.165) is 19.5 Å². The first-order chi connectivity index (χ1) is 7.22. The van der Waals surface area contributed by atoms with E-state index in [-0.39, 0.29) is 5.97 Å². The molecule has 0 amide bonds. The lowest BCUT2D eigenvalue weighted by atomic mass is 10.2. The summed E-state index contributed by atoms with van der Waals surface area (Å²) in [6.07, 6.45) is 1.51. The highest BCUT2D eigenvalue weighted by atomic mass is 32.1. The number of hydrogen-bond acceptors (Lipinski definition) is 4. The minimum atomic E-state index is -0.141. The second kappa shape index (κ2) is 6.58. The van der Waals surface area contributed by atoms with Crippen LogP contribution in [0.3, 0.4) is 0 Å². The minimum Gasteiger partial charge on any atom is -0.469 e. The summed E-state index contributed by atoms with van der Waals surface area (Å²) in [4.78, 5) is 13.0. The summed E-state index contributed by atoms with van der Waals surface area (Å²) in [5.74, 6) is -0.141. The van der Waals surface area contributed by atoms with Crippen molar-refractivity contribution in [2.75, 3.05) is 27.2 Å². The van der Waals surface area contributed by atoms with Crippen LogP contribution < -0.4 is 0 Å². The monoisotopic (exact) mass is 227 g/mol. The summed E-state index contributed by atoms with van der Waals surface area (Å²) < 4.78 is 4.59. The topological polar surface area (TPSA) is 29.5 Å². The van der Waals surface area contributed by atoms with Crippen LogP contribution in [0.25, 0.3) is 0 Å². The van der Waals surface area contributed by atoms with Crippen molar-refractivity contribution in [3.63, 3.8) is 0 Å². The summed E-state index contributed by atoms with van der Waals surface area (Å²) in [7, 11) is 3.45. The van der Waals surface area contributed by atoms with Gasteiger partial charge in [-0.1, -0.05) is 0 Å². The zero-order valence-electron chi connectivity index (χ0n) is 9.23. The molecule has 0 saturated carbocycles. The number of nitrogens with zero attached hydrogens (tertiary/aromatic N) is 1. The van der Waals surface area contributed by atoms with Crippen LogP contribution in [0.4, 0.5) is 0 Å². The number of carbonyl (C=O) groups excluding carboxylic acids is 1. The molecule has 0 unspecified atom stereocenters. The molecule has 0 N–H and O–H groups in total. The zero-order chi connectivity index (χ0) is 11.1. The third kappa shape index (κ3) is 4.95. The van der Waals surface area contributed by atoms with Crippen LogP contribution in [-0.2, 0) is 16.0 Å². The molecule has 0 saturated heterocycles. The van der Waals surface area contributed by atoms with Gasteiger partial charge < -0.3 is 9.64 Å². The maximum atomic E-state index is 10.9. The first-order valence-corrected chi connectivity index (χ1v) is 5.93. The van der Waals surface area contributed by atoms with Gasteiger partial charge in [0.05, 0.1) is 13.5 Å². The zero-order valence-corrected chi connectivity index (χ0v) is 10.0. The van der Waals surface area contributed by atoms with Gasteiger partial charge in [0, 0.05) is 13.1 Å². The van der Waals surface area contributed by atoms with Gasteiger partial charge in [-0.25, -0.2) is 0 Å². The Balaban J connectivity index is 2.13. The van der Waals surface area contributed by atoms with Crippen molar-refractivity contribution in [3.05, 3.63) is 22.4 Å². The molecule has 84 valence electrons. The Morgan fingerprint density at radius 3 is 2.93 bits per heavy atom. The third-order valence-corrected chi connectivity index (χ3v) is 3.02. The van der Waals surface area contributed by atoms with E-state index in [1.807, 2.05) is 7.05 Å². The average Bonchev–Trinajstić information content (AvgIpc) is 2.75. The molecule has 0 bridgehead atoms. The van der Waals surface area contributed by atoms with Crippen LogP contribution in [0.15, 0.2) is 16.8 Å². The van der Waals surface area contributed by atoms with Crippen LogP contribution in [0.2, 0.25) is 0 Å². The molecule has 4 heteroatoms. The van der Waals surface area contributed by atoms with Gasteiger partial charge in [0.1, 0.15) is 0 Å². The van der Waals surface area contributed by atoms with Crippen molar-refractivity contribution in [3.8, 4) is 0 Å². The first kappa shape index (κ1) is 12.2. The summed E-state index contributed by atoms with van der Waals surface area (Å²) >= 11 is 1.72. The van der Waals surface area contributed by atoms with Gasteiger partial charge in [-0.2, -0.15) is 11.3 Å². The van der Waals surface area contributed by atoms with Crippen LogP contribution in [0.5, 0.6) is 0 Å². The predicted molar refractivity (Wildman–Crippen MR) is 62.2 cm³/mol. The average molecular weight is 227 g/mol. The van der Waals surface area contributed by atoms with Crippen LogP contribution in [0, 0.1) is 0 Å². The normalized spacial score (nSPS) is 10.6. The highest BCUT2D eigenvalue weighted by Crippen LogP contribution is 2.06. The van der Waals surface area contributed by atoms with E-state index >= 15 is 0 Å². The number of likely N-dealkylation sites (N-methyl/N-ethyl adjacent to an activating group) is 1. The highest BCUT2D eigenvalue weighted by molar-refractivity contribution is 7.07. The molecule has 0 aliphatic heterocycles. The van der Waals surface area contributed by atoms with E-state index < -0.39 is 0 Å². The number of methoxy groups -OCH3 is 1. The smallest absolute Gasteiger partial charge is 0.306 e. The van der Waals surface area contributed by atoms with Gasteiger partial charge in [-0.05, 0) is 35.9 Å². The van der Waals surface area contributed by atoms with Crippen molar-refractivity contribution in [1.82, 2.24) is 4.90 Å². The molecule has 15 heavy (non-hydrogen) atoms. The Bertz CT molecular complexity index is 285. The fourth-order valence-corrected chi connectivity index (χ4v) is 1.95. The Kier molecular flexibility index (Phi) is 5.36. The van der Waals surface area contributed by atoms with E-state index in [4.69, 9.17) is 0 Å². The number of carbonyl (C=O) groups is 1. The van der Waals surface area contributed by atoms with Crippen molar-refractivity contribution >= 4 is 17.3 Å². The standard InChI is InChI=1S/C11H17NO2S/c1-12(7-4-11(13)14-2)6-3-10-5-8-15-9-10/h5,8-9H,3-4,6-7H2,1-2H3. The van der Waals surface area contributed by atoms with E-state index in [2.05, 4.69) is 26.5 Å². The van der Waals surface area contributed by atoms with Crippen molar-refractivity contribution < 1.29 is 9.53 Å². The number of thiophene rings is 1. The van der Waals surface area contributed by atoms with Gasteiger partial charge in [-0.3, -0.25) is 4.79 Å². The molecule has 0 radical (unpaired) electrons. The van der Waals surface area contributed by atoms with Crippen molar-refractivity contribution in [2.24, 2.45) is 0 Å². The number of hydrogen-bond donors (Lipinski definition) is 0. The molecule has 0 spiro atoms. The molecule has 0 aromatic carbocycles. The second-order valence-corrected chi connectivity index (χ2v) is 4.29. The largest absolute Gasteiger partial charge is 0.469 e. The van der Waals surface area contributed by atoms with E-state index in [0.29, 0.717) is 6.42 Å². The van der Waals surface area contributed by atoms with Gasteiger partial charge in [0.15, 0.2) is 0 Å². The quantitative estimate of drug-likeness (QED) is 0.694. The molecular weight excluding hydrogens is 210 g/mol. The molecular formula is C11H17NO2S. The minimum absolute atomic E-state index is 0.141. The number of ether oxygens (including phenoxy) is 1. The van der Waals surface area contributed by atoms with Gasteiger partial charge in [0.2, 0.25) is 0 Å². The SMILES string of the molecule is COC(=O)CCN(C)CCc1ccsc1. The fourth-order valence-electron chi connectivity index (χ4n) is 1.25.